The van der Waals surface area contributed by atoms with E-state index in [9.17, 15) is 9.59 Å². The Morgan fingerprint density at radius 2 is 2.24 bits per heavy atom. The number of aromatic carboxylic acids is 1. The van der Waals surface area contributed by atoms with Gasteiger partial charge in [-0.1, -0.05) is 0 Å². The fourth-order valence-corrected chi connectivity index (χ4v) is 1.66. The van der Waals surface area contributed by atoms with Gasteiger partial charge in [-0.2, -0.15) is 0 Å². The molecule has 8 nitrogen and oxygen atoms in total. The first-order valence-corrected chi connectivity index (χ1v) is 6.03. The van der Waals surface area contributed by atoms with E-state index < -0.39 is 12.0 Å². The van der Waals surface area contributed by atoms with Crippen molar-refractivity contribution in [2.24, 2.45) is 0 Å². The van der Waals surface area contributed by atoms with Gasteiger partial charge in [0.05, 0.1) is 36.9 Å². The zero-order chi connectivity index (χ0) is 15.2. The summed E-state index contributed by atoms with van der Waals surface area (Å²) in [5.74, 6) is -0.756. The summed E-state index contributed by atoms with van der Waals surface area (Å²) >= 11 is 0. The molecule has 2 rings (SSSR count). The number of hydrogen-bond donors (Lipinski definition) is 4. The molecule has 0 atom stereocenters. The van der Waals surface area contributed by atoms with E-state index >= 15 is 0 Å². The van der Waals surface area contributed by atoms with Crippen molar-refractivity contribution < 1.29 is 19.4 Å². The van der Waals surface area contributed by atoms with Gasteiger partial charge in [-0.05, 0) is 18.2 Å². The first kappa shape index (κ1) is 14.4. The highest BCUT2D eigenvalue weighted by Gasteiger charge is 2.13. The number of ether oxygens (including phenoxy) is 1. The molecule has 0 unspecified atom stereocenters. The lowest BCUT2D eigenvalue weighted by Crippen LogP contribution is -2.29. The third-order valence-corrected chi connectivity index (χ3v) is 2.70. The molecule has 21 heavy (non-hydrogen) atoms. The zero-order valence-electron chi connectivity index (χ0n) is 11.2. The van der Waals surface area contributed by atoms with Crippen molar-refractivity contribution in [2.75, 3.05) is 12.4 Å². The van der Waals surface area contributed by atoms with Gasteiger partial charge in [0.25, 0.3) is 0 Å². The second kappa shape index (κ2) is 6.42. The monoisotopic (exact) mass is 290 g/mol. The molecule has 110 valence electrons. The van der Waals surface area contributed by atoms with Crippen LogP contribution in [0.1, 0.15) is 16.1 Å². The maximum Gasteiger partial charge on any atom is 0.337 e. The topological polar surface area (TPSA) is 116 Å². The van der Waals surface area contributed by atoms with Crippen LogP contribution in [-0.2, 0) is 6.54 Å². The van der Waals surface area contributed by atoms with Crippen molar-refractivity contribution >= 4 is 17.7 Å². The smallest absolute Gasteiger partial charge is 0.337 e. The van der Waals surface area contributed by atoms with E-state index in [2.05, 4.69) is 20.6 Å². The van der Waals surface area contributed by atoms with Crippen LogP contribution >= 0.6 is 0 Å². The number of benzene rings is 1. The molecule has 2 aromatic rings. The Labute approximate surface area is 120 Å². The average molecular weight is 290 g/mol. The Morgan fingerprint density at radius 1 is 1.43 bits per heavy atom. The van der Waals surface area contributed by atoms with Crippen molar-refractivity contribution in [3.63, 3.8) is 0 Å². The molecule has 0 radical (unpaired) electrons. The summed E-state index contributed by atoms with van der Waals surface area (Å²) in [4.78, 5) is 29.6. The van der Waals surface area contributed by atoms with E-state index in [0.717, 1.165) is 5.69 Å². The predicted molar refractivity (Wildman–Crippen MR) is 74.4 cm³/mol. The van der Waals surface area contributed by atoms with Gasteiger partial charge in [0.2, 0.25) is 0 Å². The van der Waals surface area contributed by atoms with Gasteiger partial charge in [-0.15, -0.1) is 0 Å². The quantitative estimate of drug-likeness (QED) is 0.665. The van der Waals surface area contributed by atoms with Crippen LogP contribution in [-0.4, -0.2) is 34.2 Å². The molecule has 0 aliphatic rings. The number of rotatable bonds is 5. The number of methoxy groups -OCH3 is 1. The number of aromatic amines is 1. The van der Waals surface area contributed by atoms with Crippen LogP contribution in [0.5, 0.6) is 5.75 Å². The van der Waals surface area contributed by atoms with Crippen LogP contribution in [0.3, 0.4) is 0 Å². The molecular weight excluding hydrogens is 276 g/mol. The number of aromatic nitrogens is 2. The molecule has 1 heterocycles. The van der Waals surface area contributed by atoms with Gasteiger partial charge in [-0.25, -0.2) is 14.6 Å². The summed E-state index contributed by atoms with van der Waals surface area (Å²) in [5, 5.41) is 14.2. The highest BCUT2D eigenvalue weighted by Crippen LogP contribution is 2.22. The number of anilines is 1. The van der Waals surface area contributed by atoms with E-state index in [1.807, 2.05) is 0 Å². The Bertz CT molecular complexity index is 640. The third-order valence-electron chi connectivity index (χ3n) is 2.70. The van der Waals surface area contributed by atoms with Crippen molar-refractivity contribution in [3.8, 4) is 5.75 Å². The van der Waals surface area contributed by atoms with E-state index in [0.29, 0.717) is 5.75 Å². The fraction of sp³-hybridized carbons (Fsp3) is 0.154. The number of carbonyl (C=O) groups excluding carboxylic acids is 1. The van der Waals surface area contributed by atoms with E-state index in [4.69, 9.17) is 9.84 Å². The van der Waals surface area contributed by atoms with E-state index in [1.54, 1.807) is 12.3 Å². The second-order valence-electron chi connectivity index (χ2n) is 4.10. The minimum atomic E-state index is -1.15. The highest BCUT2D eigenvalue weighted by atomic mass is 16.5. The first-order chi connectivity index (χ1) is 10.1. The normalized spacial score (nSPS) is 9.95. The number of urea groups is 1. The number of carboxylic acids is 1. The summed E-state index contributed by atoms with van der Waals surface area (Å²) in [5.41, 5.74) is 0.870. The maximum atomic E-state index is 11.8. The van der Waals surface area contributed by atoms with Gasteiger partial charge >= 0.3 is 12.0 Å². The van der Waals surface area contributed by atoms with Crippen molar-refractivity contribution in [3.05, 3.63) is 42.0 Å². The van der Waals surface area contributed by atoms with Crippen LogP contribution in [0.15, 0.2) is 30.7 Å². The van der Waals surface area contributed by atoms with Gasteiger partial charge in [-0.3, -0.25) is 0 Å². The average Bonchev–Trinajstić information content (AvgIpc) is 2.98. The number of carbonyl (C=O) groups is 2. The van der Waals surface area contributed by atoms with Crippen molar-refractivity contribution in [1.82, 2.24) is 15.3 Å². The minimum absolute atomic E-state index is 0.0500. The molecule has 0 aliphatic carbocycles. The summed E-state index contributed by atoms with van der Waals surface area (Å²) in [7, 11) is 1.44. The molecule has 0 saturated carbocycles. The van der Waals surface area contributed by atoms with Crippen molar-refractivity contribution in [1.29, 1.82) is 0 Å². The van der Waals surface area contributed by atoms with Crippen LogP contribution in [0.2, 0.25) is 0 Å². The SMILES string of the molecule is COc1ccc(NC(=O)NCc2cnc[nH]2)c(C(=O)O)c1. The summed E-state index contributed by atoms with van der Waals surface area (Å²) < 4.78 is 4.96. The van der Waals surface area contributed by atoms with Crippen LogP contribution in [0.4, 0.5) is 10.5 Å². The fourth-order valence-electron chi connectivity index (χ4n) is 1.66. The van der Waals surface area contributed by atoms with Crippen LogP contribution in [0.25, 0.3) is 0 Å². The first-order valence-electron chi connectivity index (χ1n) is 6.03. The largest absolute Gasteiger partial charge is 0.497 e. The molecule has 8 heteroatoms. The number of hydrogen-bond acceptors (Lipinski definition) is 4. The van der Waals surface area contributed by atoms with Crippen LogP contribution < -0.4 is 15.4 Å². The Hall–Kier alpha value is -3.03. The number of nitrogens with zero attached hydrogens (tertiary/aromatic N) is 1. The summed E-state index contributed by atoms with van der Waals surface area (Å²) in [6.07, 6.45) is 3.08. The van der Waals surface area contributed by atoms with E-state index in [-0.39, 0.29) is 17.8 Å². The minimum Gasteiger partial charge on any atom is -0.497 e. The summed E-state index contributed by atoms with van der Waals surface area (Å²) in [6.45, 7) is 0.254. The summed E-state index contributed by atoms with van der Waals surface area (Å²) in [6, 6.07) is 3.86. The molecule has 0 spiro atoms. The lowest BCUT2D eigenvalue weighted by molar-refractivity contribution is 0.0697. The van der Waals surface area contributed by atoms with Crippen molar-refractivity contribution in [2.45, 2.75) is 6.54 Å². The molecule has 0 saturated heterocycles. The Kier molecular flexibility index (Phi) is 4.39. The lowest BCUT2D eigenvalue weighted by Gasteiger charge is -2.10. The number of H-pyrrole nitrogens is 1. The third kappa shape index (κ3) is 3.72. The number of nitrogens with one attached hydrogen (secondary N) is 3. The second-order valence-corrected chi connectivity index (χ2v) is 4.10. The number of imidazole rings is 1. The number of carboxylic acid groups (broad SMARTS) is 1. The molecule has 1 aromatic heterocycles. The van der Waals surface area contributed by atoms with Gasteiger partial charge in [0, 0.05) is 6.20 Å². The Morgan fingerprint density at radius 3 is 2.86 bits per heavy atom. The Balaban J connectivity index is 2.04. The molecule has 1 aromatic carbocycles. The van der Waals surface area contributed by atoms with Crippen LogP contribution in [0, 0.1) is 0 Å². The molecule has 2 amide bonds. The number of amides is 2. The lowest BCUT2D eigenvalue weighted by atomic mass is 10.1. The van der Waals surface area contributed by atoms with Gasteiger partial charge < -0.3 is 25.5 Å². The standard InChI is InChI=1S/C13H14N4O4/c1-21-9-2-3-11(10(4-9)12(18)19)17-13(20)15-6-8-5-14-7-16-8/h2-5,7H,6H2,1H3,(H,14,16)(H,18,19)(H2,15,17,20). The van der Waals surface area contributed by atoms with Gasteiger partial charge in [0.1, 0.15) is 5.75 Å². The molecule has 4 N–H and O–H groups in total. The van der Waals surface area contributed by atoms with E-state index in [1.165, 1.54) is 25.6 Å². The molecular formula is C13H14N4O4. The zero-order valence-corrected chi connectivity index (χ0v) is 11.2. The molecule has 0 aliphatic heterocycles. The predicted octanol–water partition coefficient (Wildman–Crippen LogP) is 1.44. The molecule has 0 fully saturated rings. The maximum absolute atomic E-state index is 11.8. The van der Waals surface area contributed by atoms with Gasteiger partial charge in [0.15, 0.2) is 0 Å². The highest BCUT2D eigenvalue weighted by molar-refractivity contribution is 6.00. The molecule has 0 bridgehead atoms.